The maximum Gasteiger partial charge on any atom is 0.255 e. The molecule has 1 unspecified atom stereocenters. The van der Waals surface area contributed by atoms with Crippen LogP contribution in [-0.2, 0) is 0 Å². The zero-order chi connectivity index (χ0) is 19.5. The third-order valence-corrected chi connectivity index (χ3v) is 5.43. The van der Waals surface area contributed by atoms with Crippen LogP contribution in [-0.4, -0.2) is 35.5 Å². The van der Waals surface area contributed by atoms with E-state index in [0.717, 1.165) is 48.3 Å². The summed E-state index contributed by atoms with van der Waals surface area (Å²) in [6, 6.07) is 18.0. The molecular weight excluding hydrogens is 348 g/mol. The van der Waals surface area contributed by atoms with Gasteiger partial charge in [0.25, 0.3) is 5.91 Å². The van der Waals surface area contributed by atoms with Crippen molar-refractivity contribution in [3.05, 3.63) is 71.4 Å². The lowest BCUT2D eigenvalue weighted by Gasteiger charge is -2.33. The zero-order valence-corrected chi connectivity index (χ0v) is 16.5. The maximum atomic E-state index is 13.2. The van der Waals surface area contributed by atoms with E-state index in [1.807, 2.05) is 54.3 Å². The fourth-order valence-corrected chi connectivity index (χ4v) is 3.90. The smallest absolute Gasteiger partial charge is 0.255 e. The first kappa shape index (κ1) is 18.5. The van der Waals surface area contributed by atoms with Gasteiger partial charge in [0.15, 0.2) is 0 Å². The molecule has 4 nitrogen and oxygen atoms in total. The molecule has 28 heavy (non-hydrogen) atoms. The summed E-state index contributed by atoms with van der Waals surface area (Å²) < 4.78 is 5.92. The number of hydrogen-bond acceptors (Lipinski definition) is 3. The molecule has 3 aromatic rings. The molecule has 2 heterocycles. The number of aryl methyl sites for hydroxylation is 2. The molecule has 1 saturated heterocycles. The minimum atomic E-state index is 0.0813. The molecule has 0 radical (unpaired) electrons. The number of piperidine rings is 1. The lowest BCUT2D eigenvalue weighted by Crippen LogP contribution is -2.41. The number of para-hydroxylation sites is 1. The van der Waals surface area contributed by atoms with Crippen LogP contribution in [0.15, 0.2) is 54.6 Å². The molecule has 1 aliphatic heterocycles. The Kier molecular flexibility index (Phi) is 5.29. The van der Waals surface area contributed by atoms with Gasteiger partial charge in [0.2, 0.25) is 0 Å². The van der Waals surface area contributed by atoms with Crippen LogP contribution in [0.4, 0.5) is 0 Å². The van der Waals surface area contributed by atoms with Crippen LogP contribution in [0, 0.1) is 19.8 Å². The zero-order valence-electron chi connectivity index (χ0n) is 16.5. The van der Waals surface area contributed by atoms with Crippen LogP contribution in [0.2, 0.25) is 0 Å². The summed E-state index contributed by atoms with van der Waals surface area (Å²) in [5.41, 5.74) is 3.62. The van der Waals surface area contributed by atoms with Crippen LogP contribution >= 0.6 is 0 Å². The van der Waals surface area contributed by atoms with E-state index in [-0.39, 0.29) is 5.91 Å². The van der Waals surface area contributed by atoms with Gasteiger partial charge in [-0.15, -0.1) is 0 Å². The molecule has 144 valence electrons. The summed E-state index contributed by atoms with van der Waals surface area (Å²) in [7, 11) is 0. The predicted molar refractivity (Wildman–Crippen MR) is 112 cm³/mol. The molecule has 0 spiro atoms. The van der Waals surface area contributed by atoms with Crippen LogP contribution < -0.4 is 4.74 Å². The number of nitrogens with zero attached hydrogens (tertiary/aromatic N) is 2. The highest BCUT2D eigenvalue weighted by Gasteiger charge is 2.26. The fraction of sp³-hybridized carbons (Fsp3) is 0.333. The molecule has 0 saturated carbocycles. The number of carbonyl (C=O) groups is 1. The lowest BCUT2D eigenvalue weighted by molar-refractivity contribution is 0.0632. The van der Waals surface area contributed by atoms with Crippen molar-refractivity contribution in [3.8, 4) is 5.75 Å². The standard InChI is InChI=1S/C24H26N2O2/c1-17-10-11-23-20(13-17)14-22(18(2)25-23)24(27)26-12-6-7-19(15-26)16-28-21-8-4-3-5-9-21/h3-5,8-11,13-14,19H,6-7,12,15-16H2,1-2H3. The highest BCUT2D eigenvalue weighted by atomic mass is 16.5. The highest BCUT2D eigenvalue weighted by molar-refractivity contribution is 5.98. The summed E-state index contributed by atoms with van der Waals surface area (Å²) in [5.74, 6) is 1.32. The predicted octanol–water partition coefficient (Wildman–Crippen LogP) is 4.78. The lowest BCUT2D eigenvalue weighted by atomic mass is 9.97. The first-order valence-corrected chi connectivity index (χ1v) is 9.95. The molecule has 1 atom stereocenters. The first-order chi connectivity index (χ1) is 13.6. The summed E-state index contributed by atoms with van der Waals surface area (Å²) in [6.45, 7) is 6.15. The van der Waals surface area contributed by atoms with Gasteiger partial charge >= 0.3 is 0 Å². The van der Waals surface area contributed by atoms with Gasteiger partial charge in [-0.1, -0.05) is 29.8 Å². The van der Waals surface area contributed by atoms with E-state index in [2.05, 4.69) is 24.0 Å². The molecule has 0 aliphatic carbocycles. The van der Waals surface area contributed by atoms with Crippen molar-refractivity contribution < 1.29 is 9.53 Å². The number of amides is 1. The van der Waals surface area contributed by atoms with Gasteiger partial charge in [-0.3, -0.25) is 9.78 Å². The Morgan fingerprint density at radius 1 is 1.14 bits per heavy atom. The second kappa shape index (κ2) is 8.01. The summed E-state index contributed by atoms with van der Waals surface area (Å²) >= 11 is 0. The monoisotopic (exact) mass is 374 g/mol. The van der Waals surface area contributed by atoms with Gasteiger partial charge in [0, 0.05) is 24.4 Å². The van der Waals surface area contributed by atoms with E-state index in [0.29, 0.717) is 18.1 Å². The van der Waals surface area contributed by atoms with Gasteiger partial charge in [0.05, 0.1) is 23.4 Å². The summed E-state index contributed by atoms with van der Waals surface area (Å²) in [6.07, 6.45) is 2.10. The van der Waals surface area contributed by atoms with Gasteiger partial charge in [-0.25, -0.2) is 0 Å². The maximum absolute atomic E-state index is 13.2. The number of fused-ring (bicyclic) bond motifs is 1. The van der Waals surface area contributed by atoms with E-state index in [1.165, 1.54) is 5.56 Å². The average Bonchev–Trinajstić information content (AvgIpc) is 2.72. The molecular formula is C24H26N2O2. The van der Waals surface area contributed by atoms with E-state index in [4.69, 9.17) is 4.74 Å². The Bertz CT molecular complexity index is 985. The van der Waals surface area contributed by atoms with E-state index in [1.54, 1.807) is 0 Å². The third kappa shape index (κ3) is 4.01. The molecule has 4 rings (SSSR count). The Balaban J connectivity index is 1.48. The van der Waals surface area contributed by atoms with Gasteiger partial charge in [-0.05, 0) is 57.0 Å². The van der Waals surface area contributed by atoms with Crippen molar-refractivity contribution in [2.75, 3.05) is 19.7 Å². The molecule has 0 bridgehead atoms. The number of pyridine rings is 1. The number of benzene rings is 2. The minimum absolute atomic E-state index is 0.0813. The Morgan fingerprint density at radius 2 is 1.96 bits per heavy atom. The van der Waals surface area contributed by atoms with Crippen molar-refractivity contribution in [2.45, 2.75) is 26.7 Å². The number of hydrogen-bond donors (Lipinski definition) is 0. The molecule has 1 fully saturated rings. The fourth-order valence-electron chi connectivity index (χ4n) is 3.90. The highest BCUT2D eigenvalue weighted by Crippen LogP contribution is 2.23. The summed E-state index contributed by atoms with van der Waals surface area (Å²) in [5, 5.41) is 1.02. The molecule has 1 aromatic heterocycles. The molecule has 2 aromatic carbocycles. The number of ether oxygens (including phenoxy) is 1. The number of carbonyl (C=O) groups excluding carboxylic acids is 1. The average molecular weight is 374 g/mol. The van der Waals surface area contributed by atoms with Gasteiger partial charge < -0.3 is 9.64 Å². The topological polar surface area (TPSA) is 42.4 Å². The van der Waals surface area contributed by atoms with E-state index in [9.17, 15) is 4.79 Å². The van der Waals surface area contributed by atoms with Crippen molar-refractivity contribution >= 4 is 16.8 Å². The second-order valence-electron chi connectivity index (χ2n) is 7.70. The van der Waals surface area contributed by atoms with Crippen molar-refractivity contribution in [2.24, 2.45) is 5.92 Å². The van der Waals surface area contributed by atoms with Crippen LogP contribution in [0.25, 0.3) is 10.9 Å². The number of aromatic nitrogens is 1. The number of rotatable bonds is 4. The van der Waals surface area contributed by atoms with Crippen LogP contribution in [0.5, 0.6) is 5.75 Å². The third-order valence-electron chi connectivity index (χ3n) is 5.43. The Morgan fingerprint density at radius 3 is 2.79 bits per heavy atom. The van der Waals surface area contributed by atoms with E-state index >= 15 is 0 Å². The molecule has 4 heteroatoms. The molecule has 1 amide bonds. The number of likely N-dealkylation sites (tertiary alicyclic amines) is 1. The van der Waals surface area contributed by atoms with Crippen molar-refractivity contribution in [1.29, 1.82) is 0 Å². The first-order valence-electron chi connectivity index (χ1n) is 9.95. The quantitative estimate of drug-likeness (QED) is 0.660. The summed E-state index contributed by atoms with van der Waals surface area (Å²) in [4.78, 5) is 19.8. The Labute approximate surface area is 166 Å². The second-order valence-corrected chi connectivity index (χ2v) is 7.70. The van der Waals surface area contributed by atoms with Crippen molar-refractivity contribution in [3.63, 3.8) is 0 Å². The van der Waals surface area contributed by atoms with Gasteiger partial charge in [-0.2, -0.15) is 0 Å². The van der Waals surface area contributed by atoms with Crippen molar-refractivity contribution in [1.82, 2.24) is 9.88 Å². The van der Waals surface area contributed by atoms with Crippen LogP contribution in [0.3, 0.4) is 0 Å². The molecule has 0 N–H and O–H groups in total. The SMILES string of the molecule is Cc1ccc2nc(C)c(C(=O)N3CCCC(COc4ccccc4)C3)cc2c1. The largest absolute Gasteiger partial charge is 0.493 e. The van der Waals surface area contributed by atoms with Gasteiger partial charge in [0.1, 0.15) is 5.75 Å². The normalized spacial score (nSPS) is 16.9. The minimum Gasteiger partial charge on any atom is -0.493 e. The molecule has 1 aliphatic rings. The van der Waals surface area contributed by atoms with Crippen LogP contribution in [0.1, 0.15) is 34.5 Å². The Hall–Kier alpha value is -2.88. The van der Waals surface area contributed by atoms with E-state index < -0.39 is 0 Å².